The highest BCUT2D eigenvalue weighted by atomic mass is 35.5. The summed E-state index contributed by atoms with van der Waals surface area (Å²) in [5.41, 5.74) is 2.82. The zero-order chi connectivity index (χ0) is 26.0. The van der Waals surface area contributed by atoms with Gasteiger partial charge in [0.15, 0.2) is 5.82 Å². The second kappa shape index (κ2) is 10.6. The number of aliphatic hydroxyl groups is 1. The van der Waals surface area contributed by atoms with Crippen molar-refractivity contribution < 1.29 is 23.4 Å². The van der Waals surface area contributed by atoms with Crippen molar-refractivity contribution >= 4 is 28.4 Å². The van der Waals surface area contributed by atoms with Gasteiger partial charge in [-0.2, -0.15) is 5.10 Å². The van der Waals surface area contributed by atoms with Crippen LogP contribution < -0.4 is 10.1 Å². The number of amides is 1. The monoisotopic (exact) mass is 514 g/mol. The van der Waals surface area contributed by atoms with Gasteiger partial charge in [0.05, 0.1) is 41.7 Å². The van der Waals surface area contributed by atoms with E-state index in [4.69, 9.17) is 16.3 Å². The van der Waals surface area contributed by atoms with E-state index in [1.807, 2.05) is 13.0 Å². The first-order chi connectivity index (χ1) is 17.1. The largest absolute Gasteiger partial charge is 0.487 e. The second-order valence-electron chi connectivity index (χ2n) is 8.62. The first-order valence-electron chi connectivity index (χ1n) is 11.3. The lowest BCUT2D eigenvalue weighted by Crippen LogP contribution is -2.29. The summed E-state index contributed by atoms with van der Waals surface area (Å²) in [5, 5.41) is 17.1. The summed E-state index contributed by atoms with van der Waals surface area (Å²) in [6.07, 6.45) is 1.52. The number of hydrogen-bond donors (Lipinski definition) is 2. The molecule has 10 heteroatoms. The molecule has 0 bridgehead atoms. The number of benzene rings is 2. The minimum Gasteiger partial charge on any atom is -0.487 e. The molecule has 4 rings (SSSR count). The number of nitrogens with zero attached hydrogens (tertiary/aromatic N) is 3. The highest BCUT2D eigenvalue weighted by Crippen LogP contribution is 2.32. The number of aromatic nitrogens is 3. The maximum absolute atomic E-state index is 14.2. The van der Waals surface area contributed by atoms with Crippen LogP contribution in [-0.4, -0.2) is 31.9 Å². The van der Waals surface area contributed by atoms with Crippen LogP contribution in [0.3, 0.4) is 0 Å². The summed E-state index contributed by atoms with van der Waals surface area (Å²) in [6.45, 7) is 5.00. The quantitative estimate of drug-likeness (QED) is 0.338. The van der Waals surface area contributed by atoms with E-state index in [0.717, 1.165) is 6.20 Å². The number of nitrogens with one attached hydrogen (secondary N) is 1. The van der Waals surface area contributed by atoms with Gasteiger partial charge in [0, 0.05) is 16.6 Å². The fourth-order valence-corrected chi connectivity index (χ4v) is 4.29. The van der Waals surface area contributed by atoms with E-state index in [0.29, 0.717) is 39.2 Å². The van der Waals surface area contributed by atoms with Gasteiger partial charge < -0.3 is 15.2 Å². The number of fused-ring (bicyclic) bond motifs is 1. The van der Waals surface area contributed by atoms with E-state index >= 15 is 0 Å². The molecule has 1 amide bonds. The lowest BCUT2D eigenvalue weighted by atomic mass is 10.0. The van der Waals surface area contributed by atoms with Crippen molar-refractivity contribution in [3.05, 3.63) is 82.3 Å². The van der Waals surface area contributed by atoms with Crippen LogP contribution in [0, 0.1) is 18.6 Å². The Kier molecular flexibility index (Phi) is 7.51. The van der Waals surface area contributed by atoms with Crippen LogP contribution in [-0.2, 0) is 11.4 Å². The standard InChI is InChI=1S/C26H25ClF2N4O3/c1-14-7-23(33-12-18(29)11-30-33)19-5-4-6-24(26(19)31-14)36-13-21-20(9-17(28)10-22(21)27)16(3)32-25(35)8-15(2)34/h4-7,9-12,15-16,34H,8,13H2,1-3H3,(H,32,35)/t15-,16-/m0/s1. The highest BCUT2D eigenvalue weighted by molar-refractivity contribution is 6.31. The van der Waals surface area contributed by atoms with Gasteiger partial charge in [-0.1, -0.05) is 23.7 Å². The predicted octanol–water partition coefficient (Wildman–Crippen LogP) is 5.19. The lowest BCUT2D eigenvalue weighted by Gasteiger charge is -2.20. The molecule has 0 radical (unpaired) electrons. The fraction of sp³-hybridized carbons (Fsp3) is 0.269. The zero-order valence-electron chi connectivity index (χ0n) is 19.9. The Labute approximate surface area is 211 Å². The molecule has 2 atom stereocenters. The lowest BCUT2D eigenvalue weighted by molar-refractivity contribution is -0.123. The van der Waals surface area contributed by atoms with Crippen LogP contribution in [0.15, 0.2) is 48.8 Å². The minimum absolute atomic E-state index is 0.0223. The van der Waals surface area contributed by atoms with Gasteiger partial charge >= 0.3 is 0 Å². The van der Waals surface area contributed by atoms with E-state index in [1.165, 1.54) is 29.9 Å². The molecule has 36 heavy (non-hydrogen) atoms. The summed E-state index contributed by atoms with van der Waals surface area (Å²) >= 11 is 6.38. The van der Waals surface area contributed by atoms with Crippen molar-refractivity contribution in [1.82, 2.24) is 20.1 Å². The smallest absolute Gasteiger partial charge is 0.223 e. The van der Waals surface area contributed by atoms with Crippen LogP contribution in [0.4, 0.5) is 8.78 Å². The van der Waals surface area contributed by atoms with Crippen LogP contribution in [0.25, 0.3) is 16.6 Å². The SMILES string of the molecule is Cc1cc(-n2cc(F)cn2)c2cccc(OCc3c(Cl)cc(F)cc3[C@H](C)NC(=O)C[C@H](C)O)c2n1. The van der Waals surface area contributed by atoms with Crippen LogP contribution in [0.2, 0.25) is 5.02 Å². The number of carbonyl (C=O) groups excluding carboxylic acids is 1. The van der Waals surface area contributed by atoms with Gasteiger partial charge in [0.25, 0.3) is 0 Å². The van der Waals surface area contributed by atoms with E-state index in [2.05, 4.69) is 15.4 Å². The summed E-state index contributed by atoms with van der Waals surface area (Å²) in [5.74, 6) is -0.935. The van der Waals surface area contributed by atoms with Crippen molar-refractivity contribution in [2.24, 2.45) is 0 Å². The van der Waals surface area contributed by atoms with E-state index in [1.54, 1.807) is 25.1 Å². The maximum Gasteiger partial charge on any atom is 0.223 e. The van der Waals surface area contributed by atoms with Crippen molar-refractivity contribution in [3.8, 4) is 11.4 Å². The number of halogens is 3. The molecule has 0 saturated carbocycles. The normalized spacial score (nSPS) is 13.0. The Balaban J connectivity index is 1.67. The number of hydrogen-bond acceptors (Lipinski definition) is 5. The Morgan fingerprint density at radius 1 is 1.22 bits per heavy atom. The molecule has 0 aliphatic rings. The predicted molar refractivity (Wildman–Crippen MR) is 132 cm³/mol. The van der Waals surface area contributed by atoms with E-state index in [9.17, 15) is 18.7 Å². The Morgan fingerprint density at radius 3 is 2.69 bits per heavy atom. The van der Waals surface area contributed by atoms with Gasteiger partial charge in [-0.25, -0.2) is 18.4 Å². The van der Waals surface area contributed by atoms with Crippen molar-refractivity contribution in [3.63, 3.8) is 0 Å². The number of pyridine rings is 1. The molecule has 2 N–H and O–H groups in total. The molecule has 0 unspecified atom stereocenters. The molecule has 2 aromatic heterocycles. The molecule has 2 aromatic carbocycles. The molecule has 0 aliphatic heterocycles. The molecule has 188 valence electrons. The first kappa shape index (κ1) is 25.5. The van der Waals surface area contributed by atoms with E-state index < -0.39 is 23.8 Å². The van der Waals surface area contributed by atoms with Gasteiger partial charge in [-0.15, -0.1) is 0 Å². The molecule has 0 fully saturated rings. The highest BCUT2D eigenvalue weighted by Gasteiger charge is 2.20. The fourth-order valence-electron chi connectivity index (χ4n) is 4.03. The van der Waals surface area contributed by atoms with Crippen molar-refractivity contribution in [1.29, 1.82) is 0 Å². The molecule has 0 aliphatic carbocycles. The average molecular weight is 515 g/mol. The van der Waals surface area contributed by atoms with Crippen molar-refractivity contribution in [2.75, 3.05) is 0 Å². The number of para-hydroxylation sites is 1. The minimum atomic E-state index is -0.804. The molecule has 7 nitrogen and oxygen atoms in total. The van der Waals surface area contributed by atoms with Gasteiger partial charge in [-0.3, -0.25) is 4.79 Å². The second-order valence-corrected chi connectivity index (χ2v) is 9.03. The van der Waals surface area contributed by atoms with Gasteiger partial charge in [0.2, 0.25) is 5.91 Å². The third kappa shape index (κ3) is 5.63. The molecule has 0 saturated heterocycles. The maximum atomic E-state index is 14.2. The van der Waals surface area contributed by atoms with E-state index in [-0.39, 0.29) is 24.0 Å². The Morgan fingerprint density at radius 2 is 2.00 bits per heavy atom. The van der Waals surface area contributed by atoms with Gasteiger partial charge in [-0.05, 0) is 50.6 Å². The first-order valence-corrected chi connectivity index (χ1v) is 11.7. The molecular weight excluding hydrogens is 490 g/mol. The Hall–Kier alpha value is -3.56. The summed E-state index contributed by atoms with van der Waals surface area (Å²) in [6, 6.07) is 9.05. The molecular formula is C26H25ClF2N4O3. The molecule has 0 spiro atoms. The number of aliphatic hydroxyl groups excluding tert-OH is 1. The number of rotatable bonds is 8. The number of ether oxygens (including phenoxy) is 1. The number of aryl methyl sites for hydroxylation is 1. The summed E-state index contributed by atoms with van der Waals surface area (Å²) < 4.78 is 35.4. The molecule has 2 heterocycles. The van der Waals surface area contributed by atoms with Crippen LogP contribution in [0.5, 0.6) is 5.75 Å². The molecule has 4 aromatic rings. The Bertz CT molecular complexity index is 1420. The average Bonchev–Trinajstić information content (AvgIpc) is 3.23. The third-order valence-corrected chi connectivity index (χ3v) is 5.94. The zero-order valence-corrected chi connectivity index (χ0v) is 20.7. The van der Waals surface area contributed by atoms with Crippen LogP contribution >= 0.6 is 11.6 Å². The van der Waals surface area contributed by atoms with Crippen LogP contribution in [0.1, 0.15) is 43.1 Å². The topological polar surface area (TPSA) is 89.3 Å². The van der Waals surface area contributed by atoms with Gasteiger partial charge in [0.1, 0.15) is 23.7 Å². The summed E-state index contributed by atoms with van der Waals surface area (Å²) in [7, 11) is 0. The number of carbonyl (C=O) groups is 1. The third-order valence-electron chi connectivity index (χ3n) is 5.60. The van der Waals surface area contributed by atoms with Crippen molar-refractivity contribution in [2.45, 2.75) is 45.9 Å². The summed E-state index contributed by atoms with van der Waals surface area (Å²) in [4.78, 5) is 16.8.